The molecule has 2 rings (SSSR count). The van der Waals surface area contributed by atoms with Crippen LogP contribution in [0.15, 0.2) is 40.2 Å². The molecule has 5 nitrogen and oxygen atoms in total. The first kappa shape index (κ1) is 17.5. The second-order valence-corrected chi connectivity index (χ2v) is 6.82. The summed E-state index contributed by atoms with van der Waals surface area (Å²) < 4.78 is 0.853. The maximum Gasteiger partial charge on any atom is 0.315 e. The molecule has 0 saturated heterocycles. The molecule has 0 fully saturated rings. The molecular weight excluding hydrogens is 378 g/mol. The van der Waals surface area contributed by atoms with Gasteiger partial charge in [0.15, 0.2) is 0 Å². The van der Waals surface area contributed by atoms with Gasteiger partial charge < -0.3 is 16.0 Å². The van der Waals surface area contributed by atoms with Gasteiger partial charge >= 0.3 is 6.03 Å². The van der Waals surface area contributed by atoms with Crippen LogP contribution in [0.4, 0.5) is 4.79 Å². The molecule has 0 radical (unpaired) electrons. The lowest BCUT2D eigenvalue weighted by Crippen LogP contribution is -2.40. The lowest BCUT2D eigenvalue weighted by atomic mass is 10.2. The van der Waals surface area contributed by atoms with Crippen LogP contribution in [-0.2, 0) is 6.54 Å². The first-order valence-electron chi connectivity index (χ1n) is 7.14. The molecule has 0 bridgehead atoms. The topological polar surface area (TPSA) is 70.2 Å². The Balaban J connectivity index is 1.64. The Morgan fingerprint density at radius 2 is 1.91 bits per heavy atom. The van der Waals surface area contributed by atoms with E-state index in [0.29, 0.717) is 25.2 Å². The van der Waals surface area contributed by atoms with Crippen LogP contribution in [0, 0.1) is 6.92 Å². The predicted octanol–water partition coefficient (Wildman–Crippen LogP) is 3.05. The van der Waals surface area contributed by atoms with Crippen LogP contribution in [0.1, 0.15) is 20.8 Å². The monoisotopic (exact) mass is 395 g/mol. The molecule has 2 aromatic rings. The van der Waals surface area contributed by atoms with Crippen LogP contribution in [0.2, 0.25) is 0 Å². The SMILES string of the molecule is Cc1ccsc1CNC(=O)NCCNC(=O)c1cccc(Br)c1. The van der Waals surface area contributed by atoms with Gasteiger partial charge in [-0.15, -0.1) is 11.3 Å². The minimum atomic E-state index is -0.241. The summed E-state index contributed by atoms with van der Waals surface area (Å²) in [6.45, 7) is 3.27. The summed E-state index contributed by atoms with van der Waals surface area (Å²) in [6.07, 6.45) is 0. The van der Waals surface area contributed by atoms with Crippen LogP contribution in [-0.4, -0.2) is 25.0 Å². The van der Waals surface area contributed by atoms with Crippen LogP contribution < -0.4 is 16.0 Å². The normalized spacial score (nSPS) is 10.2. The van der Waals surface area contributed by atoms with Crippen molar-refractivity contribution in [2.45, 2.75) is 13.5 Å². The first-order chi connectivity index (χ1) is 11.1. The smallest absolute Gasteiger partial charge is 0.315 e. The Morgan fingerprint density at radius 1 is 1.13 bits per heavy atom. The number of hydrogen-bond acceptors (Lipinski definition) is 3. The molecule has 0 atom stereocenters. The molecule has 0 saturated carbocycles. The van der Waals surface area contributed by atoms with Gasteiger partial charge in [0, 0.05) is 28.0 Å². The number of aryl methyl sites for hydroxylation is 1. The number of hydrogen-bond donors (Lipinski definition) is 3. The maximum absolute atomic E-state index is 11.9. The van der Waals surface area contributed by atoms with Gasteiger partial charge in [0.2, 0.25) is 0 Å². The van der Waals surface area contributed by atoms with E-state index in [1.165, 1.54) is 5.56 Å². The Morgan fingerprint density at radius 3 is 2.61 bits per heavy atom. The van der Waals surface area contributed by atoms with Crippen LogP contribution >= 0.6 is 27.3 Å². The molecular formula is C16H18BrN3O2S. The van der Waals surface area contributed by atoms with Gasteiger partial charge in [0.05, 0.1) is 6.54 Å². The van der Waals surface area contributed by atoms with Crippen LogP contribution in [0.5, 0.6) is 0 Å². The molecule has 3 N–H and O–H groups in total. The Hall–Kier alpha value is -1.86. The highest BCUT2D eigenvalue weighted by Crippen LogP contribution is 2.14. The van der Waals surface area contributed by atoms with Crippen molar-refractivity contribution in [1.82, 2.24) is 16.0 Å². The number of benzene rings is 1. The van der Waals surface area contributed by atoms with Crippen LogP contribution in [0.3, 0.4) is 0 Å². The van der Waals surface area contributed by atoms with Crippen molar-refractivity contribution in [2.75, 3.05) is 13.1 Å². The summed E-state index contributed by atoms with van der Waals surface area (Å²) in [5, 5.41) is 10.3. The van der Waals surface area contributed by atoms with Crippen molar-refractivity contribution in [2.24, 2.45) is 0 Å². The van der Waals surface area contributed by atoms with Crippen molar-refractivity contribution in [3.05, 3.63) is 56.2 Å². The zero-order valence-corrected chi connectivity index (χ0v) is 15.1. The van der Waals surface area contributed by atoms with Gasteiger partial charge in [0.25, 0.3) is 5.91 Å². The van der Waals surface area contributed by atoms with Gasteiger partial charge in [-0.2, -0.15) is 0 Å². The number of amides is 3. The highest BCUT2D eigenvalue weighted by molar-refractivity contribution is 9.10. The molecule has 0 spiro atoms. The number of nitrogens with one attached hydrogen (secondary N) is 3. The van der Waals surface area contributed by atoms with E-state index >= 15 is 0 Å². The maximum atomic E-state index is 11.9. The summed E-state index contributed by atoms with van der Waals surface area (Å²) >= 11 is 4.94. The van der Waals surface area contributed by atoms with Crippen molar-refractivity contribution in [3.63, 3.8) is 0 Å². The molecule has 0 aliphatic heterocycles. The van der Waals surface area contributed by atoms with E-state index < -0.39 is 0 Å². The average molecular weight is 396 g/mol. The minimum Gasteiger partial charge on any atom is -0.350 e. The van der Waals surface area contributed by atoms with Crippen molar-refractivity contribution in [3.8, 4) is 0 Å². The minimum absolute atomic E-state index is 0.164. The van der Waals surface area contributed by atoms with E-state index in [1.54, 1.807) is 29.5 Å². The second kappa shape index (κ2) is 8.69. The van der Waals surface area contributed by atoms with Crippen LogP contribution in [0.25, 0.3) is 0 Å². The van der Waals surface area contributed by atoms with Crippen molar-refractivity contribution < 1.29 is 9.59 Å². The fourth-order valence-electron chi connectivity index (χ4n) is 1.89. The molecule has 1 aromatic heterocycles. The number of carbonyl (C=O) groups is 2. The average Bonchev–Trinajstić information content (AvgIpc) is 2.94. The van der Waals surface area contributed by atoms with E-state index in [-0.39, 0.29) is 11.9 Å². The van der Waals surface area contributed by atoms with Gasteiger partial charge in [-0.1, -0.05) is 22.0 Å². The number of halogens is 1. The molecule has 0 aliphatic carbocycles. The lowest BCUT2D eigenvalue weighted by Gasteiger charge is -2.08. The third kappa shape index (κ3) is 5.69. The summed E-state index contributed by atoms with van der Waals surface area (Å²) in [6, 6.07) is 8.93. The molecule has 0 unspecified atom stereocenters. The molecule has 1 aromatic carbocycles. The standard InChI is InChI=1S/C16H18BrN3O2S/c1-11-5-8-23-14(11)10-20-16(22)19-7-6-18-15(21)12-3-2-4-13(17)9-12/h2-5,8-9H,6-7,10H2,1H3,(H,18,21)(H2,19,20,22). The number of thiophene rings is 1. The number of urea groups is 1. The van der Waals surface area contributed by atoms with Gasteiger partial charge in [-0.25, -0.2) is 4.79 Å². The number of rotatable bonds is 6. The molecule has 3 amide bonds. The van der Waals surface area contributed by atoms with E-state index in [4.69, 9.17) is 0 Å². The zero-order valence-electron chi connectivity index (χ0n) is 12.7. The Kier molecular flexibility index (Phi) is 6.61. The fraction of sp³-hybridized carbons (Fsp3) is 0.250. The molecule has 7 heteroatoms. The van der Waals surface area contributed by atoms with Gasteiger partial charge in [-0.05, 0) is 42.1 Å². The Bertz CT molecular complexity index is 687. The molecule has 0 aliphatic rings. The first-order valence-corrected chi connectivity index (χ1v) is 8.82. The highest BCUT2D eigenvalue weighted by atomic mass is 79.9. The number of carbonyl (C=O) groups excluding carboxylic acids is 2. The molecule has 1 heterocycles. The summed E-state index contributed by atoms with van der Waals surface area (Å²) in [5.74, 6) is -0.164. The largest absolute Gasteiger partial charge is 0.350 e. The van der Waals surface area contributed by atoms with Crippen molar-refractivity contribution in [1.29, 1.82) is 0 Å². The van der Waals surface area contributed by atoms with E-state index in [2.05, 4.69) is 31.9 Å². The Labute approximate surface area is 147 Å². The molecule has 122 valence electrons. The fourth-order valence-corrected chi connectivity index (χ4v) is 3.14. The third-order valence-electron chi connectivity index (χ3n) is 3.16. The van der Waals surface area contributed by atoms with E-state index in [1.807, 2.05) is 24.4 Å². The predicted molar refractivity (Wildman–Crippen MR) is 95.8 cm³/mol. The van der Waals surface area contributed by atoms with E-state index in [9.17, 15) is 9.59 Å². The zero-order chi connectivity index (χ0) is 16.7. The van der Waals surface area contributed by atoms with Gasteiger partial charge in [-0.3, -0.25) is 4.79 Å². The summed E-state index contributed by atoms with van der Waals surface area (Å²) in [7, 11) is 0. The second-order valence-electron chi connectivity index (χ2n) is 4.90. The quantitative estimate of drug-likeness (QED) is 0.657. The lowest BCUT2D eigenvalue weighted by molar-refractivity contribution is 0.0953. The van der Waals surface area contributed by atoms with E-state index in [0.717, 1.165) is 9.35 Å². The molecule has 23 heavy (non-hydrogen) atoms. The summed E-state index contributed by atoms with van der Waals surface area (Å²) in [5.41, 5.74) is 1.76. The summed E-state index contributed by atoms with van der Waals surface area (Å²) in [4.78, 5) is 24.7. The van der Waals surface area contributed by atoms with Crippen molar-refractivity contribution >= 4 is 39.2 Å². The third-order valence-corrected chi connectivity index (χ3v) is 4.68. The highest BCUT2D eigenvalue weighted by Gasteiger charge is 2.06. The van der Waals surface area contributed by atoms with Gasteiger partial charge in [0.1, 0.15) is 0 Å².